The maximum atomic E-state index is 12.2. The highest BCUT2D eigenvalue weighted by Crippen LogP contribution is 2.19. The molecule has 0 atom stereocenters. The molecule has 0 aliphatic heterocycles. The van der Waals surface area contributed by atoms with E-state index in [4.69, 9.17) is 5.11 Å². The standard InChI is InChI=1S/C12H11N3O4S2/c1-8-13-12(20-14-8)15-21(18,19)10-4-2-3-9(7-10)5-6-11(16)17/h2-7H,1H3,(H,16,17)(H,13,14,15)/b6-5+. The van der Waals surface area contributed by atoms with Crippen molar-refractivity contribution in [2.24, 2.45) is 0 Å². The van der Waals surface area contributed by atoms with Crippen molar-refractivity contribution in [1.82, 2.24) is 9.36 Å². The van der Waals surface area contributed by atoms with Gasteiger partial charge in [-0.25, -0.2) is 18.2 Å². The first-order valence-corrected chi connectivity index (χ1v) is 7.97. The molecule has 0 saturated heterocycles. The van der Waals surface area contributed by atoms with Gasteiger partial charge in [-0.1, -0.05) is 12.1 Å². The number of hydrogen-bond acceptors (Lipinski definition) is 6. The van der Waals surface area contributed by atoms with Crippen LogP contribution in [-0.4, -0.2) is 28.9 Å². The van der Waals surface area contributed by atoms with E-state index in [0.717, 1.165) is 17.6 Å². The third-order valence-corrected chi connectivity index (χ3v) is 4.52. The minimum Gasteiger partial charge on any atom is -0.478 e. The molecule has 0 unspecified atom stereocenters. The van der Waals surface area contributed by atoms with E-state index in [1.165, 1.54) is 24.3 Å². The zero-order chi connectivity index (χ0) is 15.5. The summed E-state index contributed by atoms with van der Waals surface area (Å²) in [5.74, 6) is -0.624. The highest BCUT2D eigenvalue weighted by Gasteiger charge is 2.16. The molecule has 110 valence electrons. The number of anilines is 1. The fraction of sp³-hybridized carbons (Fsp3) is 0.0833. The van der Waals surface area contributed by atoms with Crippen LogP contribution >= 0.6 is 11.5 Å². The zero-order valence-corrected chi connectivity index (χ0v) is 12.5. The van der Waals surface area contributed by atoms with Gasteiger partial charge < -0.3 is 5.11 Å². The molecule has 0 aliphatic carbocycles. The van der Waals surface area contributed by atoms with E-state index < -0.39 is 16.0 Å². The SMILES string of the molecule is Cc1nsc(NS(=O)(=O)c2cccc(/C=C/C(=O)O)c2)n1. The van der Waals surface area contributed by atoms with E-state index in [1.54, 1.807) is 13.0 Å². The first-order valence-electron chi connectivity index (χ1n) is 5.71. The smallest absolute Gasteiger partial charge is 0.328 e. The maximum absolute atomic E-state index is 12.2. The van der Waals surface area contributed by atoms with Crippen molar-refractivity contribution in [3.63, 3.8) is 0 Å². The van der Waals surface area contributed by atoms with Crippen molar-refractivity contribution >= 4 is 38.7 Å². The summed E-state index contributed by atoms with van der Waals surface area (Å²) in [6, 6.07) is 5.92. The second-order valence-corrected chi connectivity index (χ2v) is 6.43. The Bertz CT molecular complexity index is 796. The van der Waals surface area contributed by atoms with Gasteiger partial charge in [-0.05, 0) is 30.7 Å². The molecule has 0 amide bonds. The predicted octanol–water partition coefficient (Wildman–Crippen LogP) is 1.75. The molecule has 0 saturated carbocycles. The number of carbonyl (C=O) groups is 1. The van der Waals surface area contributed by atoms with E-state index >= 15 is 0 Å². The second kappa shape index (κ2) is 6.02. The van der Waals surface area contributed by atoms with Gasteiger partial charge in [0.15, 0.2) is 0 Å². The van der Waals surface area contributed by atoms with Crippen molar-refractivity contribution in [3.05, 3.63) is 41.7 Å². The lowest BCUT2D eigenvalue weighted by atomic mass is 10.2. The third kappa shape index (κ3) is 4.10. The average molecular weight is 325 g/mol. The molecule has 7 nitrogen and oxygen atoms in total. The van der Waals surface area contributed by atoms with Crippen LogP contribution in [0.1, 0.15) is 11.4 Å². The lowest BCUT2D eigenvalue weighted by molar-refractivity contribution is -0.131. The van der Waals surface area contributed by atoms with Gasteiger partial charge in [0, 0.05) is 17.6 Å². The van der Waals surface area contributed by atoms with Crippen molar-refractivity contribution in [2.75, 3.05) is 4.72 Å². The van der Waals surface area contributed by atoms with Crippen molar-refractivity contribution in [3.8, 4) is 0 Å². The minimum atomic E-state index is -3.78. The first-order chi connectivity index (χ1) is 9.87. The molecular weight excluding hydrogens is 314 g/mol. The number of rotatable bonds is 5. The summed E-state index contributed by atoms with van der Waals surface area (Å²) in [5, 5.41) is 8.75. The quantitative estimate of drug-likeness (QED) is 0.811. The molecule has 1 aromatic heterocycles. The van der Waals surface area contributed by atoms with Gasteiger partial charge in [-0.2, -0.15) is 4.37 Å². The van der Waals surface area contributed by atoms with Gasteiger partial charge in [0.2, 0.25) is 5.13 Å². The van der Waals surface area contributed by atoms with Gasteiger partial charge >= 0.3 is 5.97 Å². The van der Waals surface area contributed by atoms with Gasteiger partial charge in [0.05, 0.1) is 4.90 Å². The largest absolute Gasteiger partial charge is 0.478 e. The van der Waals surface area contributed by atoms with Gasteiger partial charge in [-0.15, -0.1) is 0 Å². The Balaban J connectivity index is 2.27. The molecule has 21 heavy (non-hydrogen) atoms. The lowest BCUT2D eigenvalue weighted by Crippen LogP contribution is -2.12. The number of benzene rings is 1. The Morgan fingerprint density at radius 2 is 2.19 bits per heavy atom. The number of aromatic nitrogens is 2. The van der Waals surface area contributed by atoms with E-state index in [-0.39, 0.29) is 10.0 Å². The summed E-state index contributed by atoms with van der Waals surface area (Å²) in [6.07, 6.45) is 2.25. The summed E-state index contributed by atoms with van der Waals surface area (Å²) >= 11 is 0.946. The summed E-state index contributed by atoms with van der Waals surface area (Å²) in [6.45, 7) is 1.66. The number of nitrogens with one attached hydrogen (secondary N) is 1. The van der Waals surface area contributed by atoms with Crippen LogP contribution in [0.4, 0.5) is 5.13 Å². The second-order valence-electron chi connectivity index (χ2n) is 4.00. The molecular formula is C12H11N3O4S2. The Morgan fingerprint density at radius 1 is 1.43 bits per heavy atom. The fourth-order valence-electron chi connectivity index (χ4n) is 1.47. The summed E-state index contributed by atoms with van der Waals surface area (Å²) in [5.41, 5.74) is 0.466. The molecule has 1 aromatic carbocycles. The highest BCUT2D eigenvalue weighted by molar-refractivity contribution is 7.93. The molecule has 0 aliphatic rings. The molecule has 1 heterocycles. The lowest BCUT2D eigenvalue weighted by Gasteiger charge is -2.05. The van der Waals surface area contributed by atoms with Crippen LogP contribution in [0.2, 0.25) is 0 Å². The summed E-state index contributed by atoms with van der Waals surface area (Å²) < 4.78 is 30.6. The van der Waals surface area contributed by atoms with E-state index in [1.807, 2.05) is 0 Å². The molecule has 2 rings (SSSR count). The minimum absolute atomic E-state index is 0.0166. The van der Waals surface area contributed by atoms with E-state index in [0.29, 0.717) is 11.4 Å². The van der Waals surface area contributed by atoms with Crippen LogP contribution in [-0.2, 0) is 14.8 Å². The van der Waals surface area contributed by atoms with Gasteiger partial charge in [0.25, 0.3) is 10.0 Å². The normalized spacial score (nSPS) is 11.7. The van der Waals surface area contributed by atoms with Crippen LogP contribution in [0, 0.1) is 6.92 Å². The Kier molecular flexibility index (Phi) is 4.34. The van der Waals surface area contributed by atoms with Crippen LogP contribution in [0.5, 0.6) is 0 Å². The van der Waals surface area contributed by atoms with Gasteiger partial charge in [0.1, 0.15) is 5.82 Å². The van der Waals surface area contributed by atoms with E-state index in [9.17, 15) is 13.2 Å². The third-order valence-electron chi connectivity index (χ3n) is 2.34. The summed E-state index contributed by atoms with van der Waals surface area (Å²) in [4.78, 5) is 14.4. The number of nitrogens with zero attached hydrogens (tertiary/aromatic N) is 2. The van der Waals surface area contributed by atoms with Crippen molar-refractivity contribution < 1.29 is 18.3 Å². The van der Waals surface area contributed by atoms with E-state index in [2.05, 4.69) is 14.1 Å². The molecule has 2 aromatic rings. The number of aliphatic carboxylic acids is 1. The zero-order valence-electron chi connectivity index (χ0n) is 10.8. The van der Waals surface area contributed by atoms with Crippen LogP contribution < -0.4 is 4.72 Å². The highest BCUT2D eigenvalue weighted by atomic mass is 32.2. The number of sulfonamides is 1. The Hall–Kier alpha value is -2.26. The molecule has 0 radical (unpaired) electrons. The first kappa shape index (κ1) is 15.1. The maximum Gasteiger partial charge on any atom is 0.328 e. The molecule has 0 bridgehead atoms. The van der Waals surface area contributed by atoms with Gasteiger partial charge in [-0.3, -0.25) is 4.72 Å². The van der Waals surface area contributed by atoms with Crippen molar-refractivity contribution in [1.29, 1.82) is 0 Å². The molecule has 9 heteroatoms. The molecule has 0 spiro atoms. The van der Waals surface area contributed by atoms with Crippen LogP contribution in [0.25, 0.3) is 6.08 Å². The topological polar surface area (TPSA) is 109 Å². The number of carboxylic acids is 1. The summed E-state index contributed by atoms with van der Waals surface area (Å²) in [7, 11) is -3.78. The molecule has 2 N–H and O–H groups in total. The van der Waals surface area contributed by atoms with Crippen LogP contribution in [0.15, 0.2) is 35.2 Å². The van der Waals surface area contributed by atoms with Crippen LogP contribution in [0.3, 0.4) is 0 Å². The molecule has 0 fully saturated rings. The predicted molar refractivity (Wildman–Crippen MR) is 78.6 cm³/mol. The monoisotopic (exact) mass is 325 g/mol. The number of hydrogen-bond donors (Lipinski definition) is 2. The average Bonchev–Trinajstić information content (AvgIpc) is 2.81. The number of aryl methyl sites for hydroxylation is 1. The Labute approximate surface area is 125 Å². The van der Waals surface area contributed by atoms with Crippen molar-refractivity contribution in [2.45, 2.75) is 11.8 Å². The Morgan fingerprint density at radius 3 is 2.81 bits per heavy atom. The number of carboxylic acid groups (broad SMARTS) is 1. The fourth-order valence-corrected chi connectivity index (χ4v) is 3.32.